The average molecular weight is 406 g/mol. The summed E-state index contributed by atoms with van der Waals surface area (Å²) < 4.78 is 0. The third-order valence-corrected chi connectivity index (χ3v) is 7.55. The summed E-state index contributed by atoms with van der Waals surface area (Å²) >= 11 is 1.89. The molecule has 0 radical (unpaired) electrons. The van der Waals surface area contributed by atoms with Crippen LogP contribution in [0.3, 0.4) is 0 Å². The lowest BCUT2D eigenvalue weighted by molar-refractivity contribution is 0.125. The number of guanidine groups is 1. The van der Waals surface area contributed by atoms with Gasteiger partial charge in [0.15, 0.2) is 5.96 Å². The minimum atomic E-state index is 0.522. The largest absolute Gasteiger partial charge is 0.356 e. The summed E-state index contributed by atoms with van der Waals surface area (Å²) in [4.78, 5) is 11.1. The predicted octanol–water partition coefficient (Wildman–Crippen LogP) is 3.42. The summed E-state index contributed by atoms with van der Waals surface area (Å²) in [6, 6.07) is 5.54. The van der Waals surface area contributed by atoms with Crippen LogP contribution in [0.15, 0.2) is 22.5 Å². The molecule has 2 fully saturated rings. The summed E-state index contributed by atoms with van der Waals surface area (Å²) in [5.41, 5.74) is 0. The van der Waals surface area contributed by atoms with Crippen LogP contribution in [-0.2, 0) is 0 Å². The summed E-state index contributed by atoms with van der Waals surface area (Å²) in [6.07, 6.45) is 5.22. The van der Waals surface area contributed by atoms with Gasteiger partial charge < -0.3 is 10.6 Å². The maximum atomic E-state index is 4.47. The van der Waals surface area contributed by atoms with Gasteiger partial charge in [0.1, 0.15) is 0 Å². The molecule has 3 heterocycles. The minimum Gasteiger partial charge on any atom is -0.356 e. The Kier molecular flexibility index (Phi) is 8.18. The Hall–Kier alpha value is -1.11. The van der Waals surface area contributed by atoms with E-state index in [1.807, 2.05) is 18.4 Å². The quantitative estimate of drug-likeness (QED) is 0.562. The number of aliphatic imine (C=N–C) groups is 1. The molecule has 2 aliphatic heterocycles. The predicted molar refractivity (Wildman–Crippen MR) is 121 cm³/mol. The summed E-state index contributed by atoms with van der Waals surface area (Å²) in [6.45, 7) is 10.3. The number of hydrogen-bond donors (Lipinski definition) is 2. The molecule has 158 valence electrons. The van der Waals surface area contributed by atoms with Crippen molar-refractivity contribution in [1.82, 2.24) is 20.4 Å². The van der Waals surface area contributed by atoms with Gasteiger partial charge in [0.05, 0.1) is 0 Å². The Morgan fingerprint density at radius 1 is 1.25 bits per heavy atom. The van der Waals surface area contributed by atoms with Crippen molar-refractivity contribution in [2.75, 3.05) is 46.8 Å². The van der Waals surface area contributed by atoms with Crippen molar-refractivity contribution in [1.29, 1.82) is 0 Å². The van der Waals surface area contributed by atoms with Gasteiger partial charge in [-0.1, -0.05) is 13.0 Å². The van der Waals surface area contributed by atoms with Gasteiger partial charge in [-0.2, -0.15) is 0 Å². The highest BCUT2D eigenvalue weighted by Crippen LogP contribution is 2.36. The standard InChI is InChI=1S/C22H39N5S/c1-17-9-12-27(13-10-17)18(2)15-24-22(23-3)25-16-19-7-5-11-26(4)21(19)20-8-6-14-28-20/h6,8,14,17-19,21H,5,7,9-13,15-16H2,1-4H3,(H2,23,24,25). The average Bonchev–Trinajstić information content (AvgIpc) is 3.22. The second-order valence-electron chi connectivity index (χ2n) is 8.74. The Morgan fingerprint density at radius 2 is 2.04 bits per heavy atom. The molecule has 2 saturated heterocycles. The van der Waals surface area contributed by atoms with E-state index in [0.717, 1.165) is 25.0 Å². The molecular weight excluding hydrogens is 366 g/mol. The third-order valence-electron chi connectivity index (χ3n) is 6.60. The van der Waals surface area contributed by atoms with Crippen LogP contribution in [0, 0.1) is 11.8 Å². The highest BCUT2D eigenvalue weighted by Gasteiger charge is 2.31. The van der Waals surface area contributed by atoms with E-state index in [9.17, 15) is 0 Å². The number of likely N-dealkylation sites (tertiary alicyclic amines) is 2. The number of thiophene rings is 1. The molecule has 0 amide bonds. The van der Waals surface area contributed by atoms with E-state index in [1.165, 1.54) is 50.2 Å². The van der Waals surface area contributed by atoms with Gasteiger partial charge in [-0.3, -0.25) is 14.8 Å². The van der Waals surface area contributed by atoms with Gasteiger partial charge in [-0.05, 0) is 82.6 Å². The fraction of sp³-hybridized carbons (Fsp3) is 0.773. The molecule has 5 nitrogen and oxygen atoms in total. The number of nitrogens with zero attached hydrogens (tertiary/aromatic N) is 3. The monoisotopic (exact) mass is 405 g/mol. The van der Waals surface area contributed by atoms with Crippen LogP contribution < -0.4 is 10.6 Å². The van der Waals surface area contributed by atoms with Gasteiger partial charge >= 0.3 is 0 Å². The van der Waals surface area contributed by atoms with Crippen LogP contribution in [0.25, 0.3) is 0 Å². The molecule has 28 heavy (non-hydrogen) atoms. The van der Waals surface area contributed by atoms with Crippen molar-refractivity contribution in [3.8, 4) is 0 Å². The molecule has 3 atom stereocenters. The fourth-order valence-electron chi connectivity index (χ4n) is 4.67. The first-order valence-corrected chi connectivity index (χ1v) is 11.9. The first-order chi connectivity index (χ1) is 13.6. The van der Waals surface area contributed by atoms with Crippen LogP contribution in [0.5, 0.6) is 0 Å². The van der Waals surface area contributed by atoms with Crippen molar-refractivity contribution >= 4 is 17.3 Å². The number of nitrogens with one attached hydrogen (secondary N) is 2. The molecule has 3 rings (SSSR count). The van der Waals surface area contributed by atoms with Gasteiger partial charge in [0.25, 0.3) is 0 Å². The minimum absolute atomic E-state index is 0.522. The number of hydrogen-bond acceptors (Lipinski definition) is 4. The molecule has 2 aliphatic rings. The van der Waals surface area contributed by atoms with Crippen LogP contribution in [0.1, 0.15) is 50.4 Å². The molecule has 0 aromatic carbocycles. The SMILES string of the molecule is CN=C(NCC1CCCN(C)C1c1cccs1)NCC(C)N1CCC(C)CC1. The first kappa shape index (κ1) is 21.6. The Labute approximate surface area is 175 Å². The van der Waals surface area contributed by atoms with Crippen LogP contribution in [-0.4, -0.2) is 68.6 Å². The lowest BCUT2D eigenvalue weighted by Crippen LogP contribution is -2.49. The zero-order valence-electron chi connectivity index (χ0n) is 18.2. The molecule has 0 spiro atoms. The van der Waals surface area contributed by atoms with E-state index in [1.54, 1.807) is 0 Å². The molecular formula is C22H39N5S. The van der Waals surface area contributed by atoms with E-state index in [4.69, 9.17) is 0 Å². The summed E-state index contributed by atoms with van der Waals surface area (Å²) in [7, 11) is 4.15. The smallest absolute Gasteiger partial charge is 0.191 e. The highest BCUT2D eigenvalue weighted by molar-refractivity contribution is 7.10. The maximum Gasteiger partial charge on any atom is 0.191 e. The van der Waals surface area contributed by atoms with Crippen molar-refractivity contribution in [3.05, 3.63) is 22.4 Å². The molecule has 0 aliphatic carbocycles. The lowest BCUT2D eigenvalue weighted by atomic mass is 9.88. The Balaban J connectivity index is 1.47. The van der Waals surface area contributed by atoms with Crippen molar-refractivity contribution in [2.24, 2.45) is 16.8 Å². The van der Waals surface area contributed by atoms with E-state index in [0.29, 0.717) is 18.0 Å². The van der Waals surface area contributed by atoms with Gasteiger partial charge in [-0.25, -0.2) is 0 Å². The van der Waals surface area contributed by atoms with Crippen molar-refractivity contribution in [2.45, 2.75) is 51.6 Å². The molecule has 6 heteroatoms. The Bertz CT molecular complexity index is 594. The summed E-state index contributed by atoms with van der Waals surface area (Å²) in [5, 5.41) is 9.38. The topological polar surface area (TPSA) is 42.9 Å². The van der Waals surface area contributed by atoms with Crippen LogP contribution in [0.4, 0.5) is 0 Å². The molecule has 2 N–H and O–H groups in total. The van der Waals surface area contributed by atoms with E-state index in [2.05, 4.69) is 63.8 Å². The normalized spacial score (nSPS) is 26.9. The van der Waals surface area contributed by atoms with Crippen molar-refractivity contribution < 1.29 is 0 Å². The molecule has 1 aromatic heterocycles. The lowest BCUT2D eigenvalue weighted by Gasteiger charge is -2.39. The zero-order chi connectivity index (χ0) is 19.9. The molecule has 3 unspecified atom stereocenters. The number of piperidine rings is 2. The van der Waals surface area contributed by atoms with E-state index < -0.39 is 0 Å². The fourth-order valence-corrected chi connectivity index (χ4v) is 5.66. The summed E-state index contributed by atoms with van der Waals surface area (Å²) in [5.74, 6) is 2.45. The Morgan fingerprint density at radius 3 is 2.71 bits per heavy atom. The molecule has 0 saturated carbocycles. The van der Waals surface area contributed by atoms with Gasteiger partial charge in [-0.15, -0.1) is 11.3 Å². The van der Waals surface area contributed by atoms with E-state index in [-0.39, 0.29) is 0 Å². The highest BCUT2D eigenvalue weighted by atomic mass is 32.1. The number of rotatable bonds is 6. The first-order valence-electron chi connectivity index (χ1n) is 11.0. The van der Waals surface area contributed by atoms with Gasteiger partial charge in [0, 0.05) is 37.1 Å². The second-order valence-corrected chi connectivity index (χ2v) is 9.72. The van der Waals surface area contributed by atoms with E-state index >= 15 is 0 Å². The van der Waals surface area contributed by atoms with Crippen molar-refractivity contribution in [3.63, 3.8) is 0 Å². The molecule has 0 bridgehead atoms. The van der Waals surface area contributed by atoms with Crippen LogP contribution >= 0.6 is 11.3 Å². The molecule has 1 aromatic rings. The van der Waals surface area contributed by atoms with Crippen LogP contribution in [0.2, 0.25) is 0 Å². The maximum absolute atomic E-state index is 4.47. The second kappa shape index (κ2) is 10.6. The zero-order valence-corrected chi connectivity index (χ0v) is 19.0. The van der Waals surface area contributed by atoms with Gasteiger partial charge in [0.2, 0.25) is 0 Å². The third kappa shape index (κ3) is 5.71.